The van der Waals surface area contributed by atoms with Crippen LogP contribution in [-0.2, 0) is 11.4 Å². The van der Waals surface area contributed by atoms with Crippen molar-refractivity contribution in [3.05, 3.63) is 60.2 Å². The number of hydrogen-bond donors (Lipinski definition) is 3. The lowest BCUT2D eigenvalue weighted by Gasteiger charge is -1.92. The Morgan fingerprint density at radius 1 is 1.27 bits per heavy atom. The first-order valence-corrected chi connectivity index (χ1v) is 7.40. The Labute approximate surface area is 137 Å². The van der Waals surface area contributed by atoms with Gasteiger partial charge in [-0.05, 0) is 18.9 Å². The number of carbonyl (C=O) groups is 1. The van der Waals surface area contributed by atoms with E-state index in [1.807, 2.05) is 44.2 Å². The van der Waals surface area contributed by atoms with E-state index in [2.05, 4.69) is 0 Å². The number of hydrogen-bond acceptors (Lipinski definition) is 3. The van der Waals surface area contributed by atoms with Crippen molar-refractivity contribution in [3.63, 3.8) is 0 Å². The van der Waals surface area contributed by atoms with Gasteiger partial charge in [-0.25, -0.2) is 4.79 Å². The highest BCUT2D eigenvalue weighted by Gasteiger charge is 1.90. The van der Waals surface area contributed by atoms with Crippen LogP contribution in [0.3, 0.4) is 0 Å². The number of halogens is 1. The molecule has 22 heavy (non-hydrogen) atoms. The van der Waals surface area contributed by atoms with E-state index < -0.39 is 11.5 Å². The van der Waals surface area contributed by atoms with Crippen LogP contribution >= 0.6 is 11.6 Å². The second kappa shape index (κ2) is 17.4. The van der Waals surface area contributed by atoms with Gasteiger partial charge in [0.1, 0.15) is 5.56 Å². The lowest BCUT2D eigenvalue weighted by atomic mass is 10.2. The minimum Gasteiger partial charge on any atom is -0.478 e. The van der Waals surface area contributed by atoms with Crippen LogP contribution in [-0.4, -0.2) is 26.9 Å². The van der Waals surface area contributed by atoms with E-state index in [9.17, 15) is 4.79 Å². The summed E-state index contributed by atoms with van der Waals surface area (Å²) in [5.41, 5.74) is 0.336. The lowest BCUT2D eigenvalue weighted by Crippen LogP contribution is -1.91. The molecule has 1 unspecified atom stereocenters. The van der Waals surface area contributed by atoms with Gasteiger partial charge in [-0.3, -0.25) is 0 Å². The molecule has 0 heterocycles. The number of aliphatic hydroxyl groups is 2. The van der Waals surface area contributed by atoms with Gasteiger partial charge in [0, 0.05) is 6.08 Å². The maximum absolute atomic E-state index is 9.75. The number of aliphatic carboxylic acids is 1. The average Bonchev–Trinajstić information content (AvgIpc) is 2.49. The number of carboxylic acid groups (broad SMARTS) is 1. The molecule has 4 nitrogen and oxygen atoms in total. The summed E-state index contributed by atoms with van der Waals surface area (Å²) in [5.74, 6) is -0.914. The van der Waals surface area contributed by atoms with Gasteiger partial charge in [0.25, 0.3) is 0 Å². The standard InChI is InChI=1S/C7H8O.C6H8O2.C4H9ClO/c8-6-7-4-2-1-3-5-7;1-2-3-4-5-6(7)8;1-2-3-4(5)6/h1-5,8H,6H2;2-5H,1H3,(H,7,8);4,6H,2-3H2,1H3/b;3-2+,5-4+;. The van der Waals surface area contributed by atoms with Crippen LogP contribution in [0, 0.1) is 0 Å². The molecular formula is C17H25ClO4. The molecule has 0 saturated carbocycles. The number of allylic oxidation sites excluding steroid dienone is 3. The number of benzene rings is 1. The number of alkyl halides is 1. The maximum atomic E-state index is 9.75. The van der Waals surface area contributed by atoms with E-state index in [-0.39, 0.29) is 6.61 Å². The molecule has 0 aliphatic heterocycles. The van der Waals surface area contributed by atoms with Crippen molar-refractivity contribution in [2.24, 2.45) is 0 Å². The first-order valence-electron chi connectivity index (χ1n) is 6.97. The Kier molecular flexibility index (Phi) is 18.0. The molecule has 0 bridgehead atoms. The van der Waals surface area contributed by atoms with Gasteiger partial charge in [0.15, 0.2) is 0 Å². The van der Waals surface area contributed by atoms with Crippen LogP contribution < -0.4 is 0 Å². The molecule has 1 aromatic rings. The van der Waals surface area contributed by atoms with Crippen molar-refractivity contribution in [2.75, 3.05) is 0 Å². The van der Waals surface area contributed by atoms with Gasteiger partial charge < -0.3 is 15.3 Å². The number of rotatable bonds is 5. The number of aliphatic hydroxyl groups excluding tert-OH is 2. The van der Waals surface area contributed by atoms with E-state index in [1.165, 1.54) is 6.08 Å². The summed E-state index contributed by atoms with van der Waals surface area (Å²) in [5, 5.41) is 24.9. The fourth-order valence-corrected chi connectivity index (χ4v) is 1.29. The molecular weight excluding hydrogens is 304 g/mol. The van der Waals surface area contributed by atoms with Gasteiger partial charge in [-0.2, -0.15) is 0 Å². The van der Waals surface area contributed by atoms with Crippen molar-refractivity contribution >= 4 is 17.6 Å². The summed E-state index contributed by atoms with van der Waals surface area (Å²) in [7, 11) is 0. The van der Waals surface area contributed by atoms with Gasteiger partial charge in [0.05, 0.1) is 6.61 Å². The topological polar surface area (TPSA) is 77.8 Å². The smallest absolute Gasteiger partial charge is 0.328 e. The van der Waals surface area contributed by atoms with Gasteiger partial charge in [0.2, 0.25) is 0 Å². The molecule has 124 valence electrons. The molecule has 3 N–H and O–H groups in total. The summed E-state index contributed by atoms with van der Waals surface area (Å²) in [4.78, 5) is 9.75. The average molecular weight is 329 g/mol. The highest BCUT2D eigenvalue weighted by atomic mass is 35.5. The largest absolute Gasteiger partial charge is 0.478 e. The SMILES string of the molecule is C/C=C/C=C/C(=O)O.CCCC(O)Cl.OCc1ccccc1. The van der Waals surface area contributed by atoms with Crippen molar-refractivity contribution in [1.29, 1.82) is 0 Å². The van der Waals surface area contributed by atoms with Gasteiger partial charge in [-0.15, -0.1) is 0 Å². The molecule has 0 saturated heterocycles. The van der Waals surface area contributed by atoms with Crippen LogP contribution in [0.5, 0.6) is 0 Å². The molecule has 1 atom stereocenters. The summed E-state index contributed by atoms with van der Waals surface area (Å²) in [6.07, 6.45) is 7.63. The summed E-state index contributed by atoms with van der Waals surface area (Å²) >= 11 is 5.13. The molecule has 0 amide bonds. The maximum Gasteiger partial charge on any atom is 0.328 e. The van der Waals surface area contributed by atoms with Crippen LogP contribution in [0.1, 0.15) is 32.3 Å². The Hall–Kier alpha value is -1.62. The van der Waals surface area contributed by atoms with Gasteiger partial charge in [-0.1, -0.05) is 73.5 Å². The molecule has 1 rings (SSSR count). The Morgan fingerprint density at radius 2 is 1.86 bits per heavy atom. The van der Waals surface area contributed by atoms with E-state index >= 15 is 0 Å². The zero-order chi connectivity index (χ0) is 17.2. The summed E-state index contributed by atoms with van der Waals surface area (Å²) in [6, 6.07) is 9.52. The minimum atomic E-state index is -0.914. The van der Waals surface area contributed by atoms with Crippen molar-refractivity contribution < 1.29 is 20.1 Å². The monoisotopic (exact) mass is 328 g/mol. The number of carboxylic acids is 1. The predicted octanol–water partition coefficient (Wildman–Crippen LogP) is 3.73. The molecule has 1 aromatic carbocycles. The Balaban J connectivity index is 0. The second-order valence-electron chi connectivity index (χ2n) is 4.09. The first kappa shape index (κ1) is 22.7. The zero-order valence-corrected chi connectivity index (χ0v) is 13.8. The third kappa shape index (κ3) is 20.7. The van der Waals surface area contributed by atoms with E-state index in [4.69, 9.17) is 26.9 Å². The van der Waals surface area contributed by atoms with Crippen LogP contribution in [0.15, 0.2) is 54.6 Å². The Bertz CT molecular complexity index is 414. The molecule has 5 heteroatoms. The van der Waals surface area contributed by atoms with Crippen molar-refractivity contribution in [3.8, 4) is 0 Å². The first-order chi connectivity index (χ1) is 10.5. The summed E-state index contributed by atoms with van der Waals surface area (Å²) in [6.45, 7) is 3.94. The van der Waals surface area contributed by atoms with E-state index in [1.54, 1.807) is 12.2 Å². The molecule has 0 spiro atoms. The summed E-state index contributed by atoms with van der Waals surface area (Å²) < 4.78 is 0. The van der Waals surface area contributed by atoms with E-state index in [0.29, 0.717) is 6.42 Å². The van der Waals surface area contributed by atoms with Crippen LogP contribution in [0.2, 0.25) is 0 Å². The molecule has 0 radical (unpaired) electrons. The van der Waals surface area contributed by atoms with Crippen LogP contribution in [0.25, 0.3) is 0 Å². The third-order valence-corrected chi connectivity index (χ3v) is 2.31. The Morgan fingerprint density at radius 3 is 2.14 bits per heavy atom. The third-order valence-electron chi connectivity index (χ3n) is 2.09. The molecule has 0 aliphatic rings. The second-order valence-corrected chi connectivity index (χ2v) is 4.59. The quantitative estimate of drug-likeness (QED) is 0.437. The fraction of sp³-hybridized carbons (Fsp3) is 0.353. The highest BCUT2D eigenvalue weighted by Crippen LogP contribution is 1.98. The minimum absolute atomic E-state index is 0.140. The van der Waals surface area contributed by atoms with Crippen molar-refractivity contribution in [1.82, 2.24) is 0 Å². The normalized spacial score (nSPS) is 11.3. The van der Waals surface area contributed by atoms with Gasteiger partial charge >= 0.3 is 5.97 Å². The molecule has 0 aliphatic carbocycles. The predicted molar refractivity (Wildman–Crippen MR) is 90.7 cm³/mol. The van der Waals surface area contributed by atoms with E-state index in [0.717, 1.165) is 18.1 Å². The van der Waals surface area contributed by atoms with Crippen molar-refractivity contribution in [2.45, 2.75) is 38.9 Å². The lowest BCUT2D eigenvalue weighted by molar-refractivity contribution is -0.131. The zero-order valence-electron chi connectivity index (χ0n) is 13.0. The molecule has 0 aromatic heterocycles. The highest BCUT2D eigenvalue weighted by molar-refractivity contribution is 6.19. The van der Waals surface area contributed by atoms with Crippen LogP contribution in [0.4, 0.5) is 0 Å². The molecule has 0 fully saturated rings. The fourth-order valence-electron chi connectivity index (χ4n) is 1.07.